The molecular weight excluding hydrogens is 288 g/mol. The van der Waals surface area contributed by atoms with Gasteiger partial charge in [0.1, 0.15) is 5.75 Å². The molecule has 0 aromatic heterocycles. The Morgan fingerprint density at radius 1 is 1.32 bits per heavy atom. The van der Waals surface area contributed by atoms with E-state index in [2.05, 4.69) is 10.6 Å². The Kier molecular flexibility index (Phi) is 3.70. The van der Waals surface area contributed by atoms with Crippen LogP contribution in [-0.2, 0) is 9.59 Å². The van der Waals surface area contributed by atoms with Crippen LogP contribution in [0.4, 0.5) is 5.69 Å². The highest BCUT2D eigenvalue weighted by atomic mass is 16.5. The van der Waals surface area contributed by atoms with E-state index in [0.29, 0.717) is 36.3 Å². The van der Waals surface area contributed by atoms with Crippen LogP contribution in [0.3, 0.4) is 0 Å². The summed E-state index contributed by atoms with van der Waals surface area (Å²) in [5.41, 5.74) is 0.966. The van der Waals surface area contributed by atoms with Crippen molar-refractivity contribution in [2.75, 3.05) is 11.9 Å². The Hall–Kier alpha value is -2.57. The van der Waals surface area contributed by atoms with Crippen molar-refractivity contribution in [2.45, 2.75) is 25.3 Å². The lowest BCUT2D eigenvalue weighted by Crippen LogP contribution is -2.33. The van der Waals surface area contributed by atoms with Crippen molar-refractivity contribution < 1.29 is 24.2 Å². The Morgan fingerprint density at radius 3 is 2.86 bits per heavy atom. The SMILES string of the molecule is O=C1COc2cc(C(=O)N[C@@H]3CC[C@H](C(=O)O)C3)ccc2N1. The first-order valence-electron chi connectivity index (χ1n) is 7.13. The lowest BCUT2D eigenvalue weighted by atomic mass is 10.1. The van der Waals surface area contributed by atoms with E-state index in [1.807, 2.05) is 0 Å². The minimum absolute atomic E-state index is 0.0685. The molecule has 2 atom stereocenters. The highest BCUT2D eigenvalue weighted by Crippen LogP contribution is 2.29. The van der Waals surface area contributed by atoms with Gasteiger partial charge in [-0.3, -0.25) is 14.4 Å². The molecule has 1 aliphatic heterocycles. The molecule has 2 aliphatic rings. The molecule has 3 N–H and O–H groups in total. The van der Waals surface area contributed by atoms with Crippen molar-refractivity contribution in [1.29, 1.82) is 0 Å². The first-order valence-corrected chi connectivity index (χ1v) is 7.13. The fourth-order valence-electron chi connectivity index (χ4n) is 2.82. The summed E-state index contributed by atoms with van der Waals surface area (Å²) in [6, 6.07) is 4.68. The molecule has 22 heavy (non-hydrogen) atoms. The lowest BCUT2D eigenvalue weighted by molar-refractivity contribution is -0.141. The maximum atomic E-state index is 12.2. The number of aliphatic carboxylic acids is 1. The maximum absolute atomic E-state index is 12.2. The van der Waals surface area contributed by atoms with Crippen LogP contribution in [0.1, 0.15) is 29.6 Å². The number of ether oxygens (including phenoxy) is 1. The monoisotopic (exact) mass is 304 g/mol. The number of carbonyl (C=O) groups excluding carboxylic acids is 2. The number of carbonyl (C=O) groups is 3. The number of hydrogen-bond donors (Lipinski definition) is 3. The van der Waals surface area contributed by atoms with Gasteiger partial charge in [-0.25, -0.2) is 0 Å². The van der Waals surface area contributed by atoms with Crippen molar-refractivity contribution >= 4 is 23.5 Å². The number of nitrogens with one attached hydrogen (secondary N) is 2. The fraction of sp³-hybridized carbons (Fsp3) is 0.400. The van der Waals surface area contributed by atoms with Crippen molar-refractivity contribution in [1.82, 2.24) is 5.32 Å². The van der Waals surface area contributed by atoms with Crippen LogP contribution in [0, 0.1) is 5.92 Å². The van der Waals surface area contributed by atoms with Gasteiger partial charge in [0.25, 0.3) is 11.8 Å². The van der Waals surface area contributed by atoms with Crippen molar-refractivity contribution in [3.05, 3.63) is 23.8 Å². The molecule has 0 saturated heterocycles. The zero-order chi connectivity index (χ0) is 15.7. The third-order valence-electron chi connectivity index (χ3n) is 3.99. The molecule has 3 rings (SSSR count). The minimum Gasteiger partial charge on any atom is -0.482 e. The van der Waals surface area contributed by atoms with Crippen molar-refractivity contribution in [2.24, 2.45) is 5.92 Å². The molecule has 0 spiro atoms. The van der Waals surface area contributed by atoms with E-state index in [-0.39, 0.29) is 30.4 Å². The molecule has 1 aliphatic carbocycles. The first kappa shape index (κ1) is 14.4. The molecule has 116 valence electrons. The molecule has 0 radical (unpaired) electrons. The molecule has 7 nitrogen and oxygen atoms in total. The predicted molar refractivity (Wildman–Crippen MR) is 76.8 cm³/mol. The van der Waals surface area contributed by atoms with E-state index in [1.54, 1.807) is 18.2 Å². The molecule has 2 amide bonds. The molecular formula is C15H16N2O5. The van der Waals surface area contributed by atoms with E-state index < -0.39 is 5.97 Å². The zero-order valence-corrected chi connectivity index (χ0v) is 11.8. The summed E-state index contributed by atoms with van der Waals surface area (Å²) in [7, 11) is 0. The van der Waals surface area contributed by atoms with Crippen LogP contribution in [0.2, 0.25) is 0 Å². The smallest absolute Gasteiger partial charge is 0.306 e. The van der Waals surface area contributed by atoms with E-state index >= 15 is 0 Å². The van der Waals surface area contributed by atoms with E-state index in [4.69, 9.17) is 9.84 Å². The van der Waals surface area contributed by atoms with Gasteiger partial charge < -0.3 is 20.5 Å². The molecule has 1 aromatic carbocycles. The van der Waals surface area contributed by atoms with Gasteiger partial charge in [-0.1, -0.05) is 0 Å². The van der Waals surface area contributed by atoms with Crippen LogP contribution in [0.15, 0.2) is 18.2 Å². The Labute approximate surface area is 126 Å². The van der Waals surface area contributed by atoms with Gasteiger partial charge in [0.2, 0.25) is 0 Å². The number of anilines is 1. The van der Waals surface area contributed by atoms with Crippen LogP contribution >= 0.6 is 0 Å². The van der Waals surface area contributed by atoms with Gasteiger partial charge in [0.15, 0.2) is 6.61 Å². The average Bonchev–Trinajstić information content (AvgIpc) is 2.95. The number of hydrogen-bond acceptors (Lipinski definition) is 4. The van der Waals surface area contributed by atoms with E-state index in [0.717, 1.165) is 0 Å². The third-order valence-corrected chi connectivity index (χ3v) is 3.99. The summed E-state index contributed by atoms with van der Waals surface area (Å²) in [5, 5.41) is 14.5. The Morgan fingerprint density at radius 2 is 2.14 bits per heavy atom. The number of benzene rings is 1. The van der Waals surface area contributed by atoms with Crippen LogP contribution in [0.25, 0.3) is 0 Å². The average molecular weight is 304 g/mol. The Balaban J connectivity index is 1.66. The van der Waals surface area contributed by atoms with Crippen LogP contribution in [-0.4, -0.2) is 35.5 Å². The second kappa shape index (κ2) is 5.67. The summed E-state index contributed by atoms with van der Waals surface area (Å²) in [6.45, 7) is -0.0685. The minimum atomic E-state index is -0.810. The van der Waals surface area contributed by atoms with Gasteiger partial charge in [0.05, 0.1) is 11.6 Å². The molecule has 1 aromatic rings. The normalized spacial score (nSPS) is 23.2. The molecule has 0 bridgehead atoms. The molecule has 7 heteroatoms. The summed E-state index contributed by atoms with van der Waals surface area (Å²) < 4.78 is 5.28. The summed E-state index contributed by atoms with van der Waals surface area (Å²) in [4.78, 5) is 34.3. The second-order valence-electron chi connectivity index (χ2n) is 5.57. The van der Waals surface area contributed by atoms with Gasteiger partial charge in [-0.2, -0.15) is 0 Å². The van der Waals surface area contributed by atoms with Gasteiger partial charge in [0, 0.05) is 11.6 Å². The maximum Gasteiger partial charge on any atom is 0.306 e. The quantitative estimate of drug-likeness (QED) is 0.772. The van der Waals surface area contributed by atoms with Gasteiger partial charge in [-0.15, -0.1) is 0 Å². The fourth-order valence-corrected chi connectivity index (χ4v) is 2.82. The molecule has 1 fully saturated rings. The number of fused-ring (bicyclic) bond motifs is 1. The Bertz CT molecular complexity index is 643. The lowest BCUT2D eigenvalue weighted by Gasteiger charge is -2.19. The number of carboxylic acids is 1. The summed E-state index contributed by atoms with van der Waals surface area (Å²) in [6.07, 6.45) is 1.71. The topological polar surface area (TPSA) is 105 Å². The van der Waals surface area contributed by atoms with E-state index in [1.165, 1.54) is 0 Å². The number of rotatable bonds is 3. The number of amides is 2. The van der Waals surface area contributed by atoms with Crippen LogP contribution < -0.4 is 15.4 Å². The standard InChI is InChI=1S/C15H16N2O5/c18-13-7-22-12-6-8(2-4-11(12)17-13)14(19)16-10-3-1-9(5-10)15(20)21/h2,4,6,9-10H,1,3,5,7H2,(H,16,19)(H,17,18)(H,20,21)/t9-,10+/m0/s1. The van der Waals surface area contributed by atoms with Crippen molar-refractivity contribution in [3.8, 4) is 5.75 Å². The summed E-state index contributed by atoms with van der Waals surface area (Å²) >= 11 is 0. The summed E-state index contributed by atoms with van der Waals surface area (Å²) in [5.74, 6) is -1.22. The highest BCUT2D eigenvalue weighted by molar-refractivity contribution is 5.99. The second-order valence-corrected chi connectivity index (χ2v) is 5.57. The highest BCUT2D eigenvalue weighted by Gasteiger charge is 2.30. The van der Waals surface area contributed by atoms with Crippen LogP contribution in [0.5, 0.6) is 5.75 Å². The van der Waals surface area contributed by atoms with Crippen molar-refractivity contribution in [3.63, 3.8) is 0 Å². The first-order chi connectivity index (χ1) is 10.5. The molecule has 1 saturated carbocycles. The third kappa shape index (κ3) is 2.88. The largest absolute Gasteiger partial charge is 0.482 e. The molecule has 0 unspecified atom stereocenters. The van der Waals surface area contributed by atoms with E-state index in [9.17, 15) is 14.4 Å². The zero-order valence-electron chi connectivity index (χ0n) is 11.8. The molecule has 1 heterocycles. The van der Waals surface area contributed by atoms with Gasteiger partial charge >= 0.3 is 5.97 Å². The van der Waals surface area contributed by atoms with Gasteiger partial charge in [-0.05, 0) is 37.5 Å². The number of carboxylic acid groups (broad SMARTS) is 1. The predicted octanol–water partition coefficient (Wildman–Crippen LogP) is 1.00.